The number of nitrogens with one attached hydrogen (secondary N) is 1. The predicted molar refractivity (Wildman–Crippen MR) is 78.2 cm³/mol. The van der Waals surface area contributed by atoms with Gasteiger partial charge >= 0.3 is 0 Å². The van der Waals surface area contributed by atoms with Gasteiger partial charge in [0.25, 0.3) is 0 Å². The Kier molecular flexibility index (Phi) is 7.01. The third-order valence-electron chi connectivity index (χ3n) is 3.23. The van der Waals surface area contributed by atoms with Crippen molar-refractivity contribution in [1.29, 1.82) is 0 Å². The molecule has 19 heavy (non-hydrogen) atoms. The zero-order valence-electron chi connectivity index (χ0n) is 12.0. The number of hydrogen-bond donors (Lipinski definition) is 2. The lowest BCUT2D eigenvalue weighted by Crippen LogP contribution is -2.32. The molecule has 0 aromatic heterocycles. The highest BCUT2D eigenvalue weighted by Crippen LogP contribution is 2.11. The number of phenolic OH excluding ortho intramolecular Hbond substituents is 1. The number of benzene rings is 1. The van der Waals surface area contributed by atoms with Crippen molar-refractivity contribution in [2.24, 2.45) is 0 Å². The van der Waals surface area contributed by atoms with Gasteiger partial charge in [-0.2, -0.15) is 0 Å². The second kappa shape index (κ2) is 8.57. The monoisotopic (exact) mass is 263 g/mol. The lowest BCUT2D eigenvalue weighted by Gasteiger charge is -2.13. The van der Waals surface area contributed by atoms with Crippen molar-refractivity contribution in [2.45, 2.75) is 58.4 Å². The Morgan fingerprint density at radius 1 is 1.26 bits per heavy atom. The van der Waals surface area contributed by atoms with Gasteiger partial charge in [0.15, 0.2) is 0 Å². The standard InChI is InChI=1S/C16H25NO2/c1-3-4-5-6-13(2)17-16(19)12-9-14-7-10-15(18)11-8-14/h7-8,10-11,13,18H,3-6,9,12H2,1-2H3,(H,17,19). The first-order valence-electron chi connectivity index (χ1n) is 7.19. The van der Waals surface area contributed by atoms with E-state index in [1.54, 1.807) is 12.1 Å². The van der Waals surface area contributed by atoms with Gasteiger partial charge in [-0.1, -0.05) is 38.3 Å². The van der Waals surface area contributed by atoms with Crippen LogP contribution in [0.25, 0.3) is 0 Å². The summed E-state index contributed by atoms with van der Waals surface area (Å²) < 4.78 is 0. The lowest BCUT2D eigenvalue weighted by molar-refractivity contribution is -0.121. The molecule has 3 nitrogen and oxygen atoms in total. The quantitative estimate of drug-likeness (QED) is 0.706. The Labute approximate surface area is 116 Å². The Morgan fingerprint density at radius 2 is 1.95 bits per heavy atom. The predicted octanol–water partition coefficient (Wildman–Crippen LogP) is 3.41. The fourth-order valence-electron chi connectivity index (χ4n) is 2.04. The van der Waals surface area contributed by atoms with Gasteiger partial charge in [-0.3, -0.25) is 4.79 Å². The molecule has 1 rings (SSSR count). The van der Waals surface area contributed by atoms with Crippen LogP contribution in [0.5, 0.6) is 5.75 Å². The van der Waals surface area contributed by atoms with E-state index in [4.69, 9.17) is 0 Å². The van der Waals surface area contributed by atoms with Crippen molar-refractivity contribution < 1.29 is 9.90 Å². The topological polar surface area (TPSA) is 49.3 Å². The third kappa shape index (κ3) is 6.85. The molecule has 2 N–H and O–H groups in total. The number of hydrogen-bond acceptors (Lipinski definition) is 2. The molecule has 106 valence electrons. The third-order valence-corrected chi connectivity index (χ3v) is 3.23. The first-order chi connectivity index (χ1) is 9.11. The maximum Gasteiger partial charge on any atom is 0.220 e. The molecule has 1 aromatic carbocycles. The molecule has 0 radical (unpaired) electrons. The van der Waals surface area contributed by atoms with E-state index in [2.05, 4.69) is 19.2 Å². The molecule has 0 aliphatic heterocycles. The summed E-state index contributed by atoms with van der Waals surface area (Å²) in [6.45, 7) is 4.25. The molecule has 1 aromatic rings. The number of aromatic hydroxyl groups is 1. The van der Waals surface area contributed by atoms with Gasteiger partial charge < -0.3 is 10.4 Å². The summed E-state index contributed by atoms with van der Waals surface area (Å²) in [6, 6.07) is 7.28. The Balaban J connectivity index is 2.22. The molecule has 0 saturated carbocycles. The van der Waals surface area contributed by atoms with Crippen LogP contribution in [0.4, 0.5) is 0 Å². The summed E-state index contributed by atoms with van der Waals surface area (Å²) in [5, 5.41) is 12.2. The number of aryl methyl sites for hydroxylation is 1. The average Bonchev–Trinajstić information content (AvgIpc) is 2.38. The Hall–Kier alpha value is -1.51. The highest BCUT2D eigenvalue weighted by Gasteiger charge is 2.07. The molecular weight excluding hydrogens is 238 g/mol. The van der Waals surface area contributed by atoms with Gasteiger partial charge in [0.2, 0.25) is 5.91 Å². The van der Waals surface area contributed by atoms with E-state index >= 15 is 0 Å². The second-order valence-electron chi connectivity index (χ2n) is 5.13. The van der Waals surface area contributed by atoms with Gasteiger partial charge in [-0.05, 0) is 37.5 Å². The van der Waals surface area contributed by atoms with E-state index in [1.165, 1.54) is 19.3 Å². The summed E-state index contributed by atoms with van der Waals surface area (Å²) in [6.07, 6.45) is 5.89. The molecule has 0 fully saturated rings. The van der Waals surface area contributed by atoms with Crippen LogP contribution >= 0.6 is 0 Å². The first-order valence-corrected chi connectivity index (χ1v) is 7.19. The number of amides is 1. The summed E-state index contributed by atoms with van der Waals surface area (Å²) in [4.78, 5) is 11.8. The van der Waals surface area contributed by atoms with Crippen molar-refractivity contribution in [3.8, 4) is 5.75 Å². The lowest BCUT2D eigenvalue weighted by atomic mass is 10.1. The van der Waals surface area contributed by atoms with Crippen LogP contribution in [0, 0.1) is 0 Å². The Morgan fingerprint density at radius 3 is 2.58 bits per heavy atom. The van der Waals surface area contributed by atoms with Crippen LogP contribution in [0.15, 0.2) is 24.3 Å². The van der Waals surface area contributed by atoms with E-state index in [9.17, 15) is 9.90 Å². The Bertz CT molecular complexity index is 373. The zero-order chi connectivity index (χ0) is 14.1. The molecule has 0 aliphatic carbocycles. The maximum absolute atomic E-state index is 11.8. The van der Waals surface area contributed by atoms with Crippen molar-refractivity contribution in [2.75, 3.05) is 0 Å². The minimum atomic E-state index is 0.108. The van der Waals surface area contributed by atoms with E-state index in [0.29, 0.717) is 12.8 Å². The molecule has 0 saturated heterocycles. The molecule has 0 heterocycles. The molecule has 0 spiro atoms. The number of carbonyl (C=O) groups excluding carboxylic acids is 1. The summed E-state index contributed by atoms with van der Waals surface area (Å²) in [5.74, 6) is 0.370. The summed E-state index contributed by atoms with van der Waals surface area (Å²) in [5.41, 5.74) is 1.08. The van der Waals surface area contributed by atoms with Crippen molar-refractivity contribution in [1.82, 2.24) is 5.32 Å². The van der Waals surface area contributed by atoms with Gasteiger partial charge in [-0.25, -0.2) is 0 Å². The van der Waals surface area contributed by atoms with Gasteiger partial charge in [-0.15, -0.1) is 0 Å². The average molecular weight is 263 g/mol. The first kappa shape index (κ1) is 15.5. The molecule has 1 unspecified atom stereocenters. The largest absolute Gasteiger partial charge is 0.508 e. The molecule has 0 bridgehead atoms. The summed E-state index contributed by atoms with van der Waals surface area (Å²) >= 11 is 0. The van der Waals surface area contributed by atoms with Crippen LogP contribution in [-0.4, -0.2) is 17.1 Å². The van der Waals surface area contributed by atoms with E-state index in [1.807, 2.05) is 12.1 Å². The van der Waals surface area contributed by atoms with E-state index in [-0.39, 0.29) is 17.7 Å². The van der Waals surface area contributed by atoms with Crippen molar-refractivity contribution in [3.63, 3.8) is 0 Å². The van der Waals surface area contributed by atoms with Crippen LogP contribution in [0.1, 0.15) is 51.5 Å². The minimum Gasteiger partial charge on any atom is -0.508 e. The molecule has 3 heteroatoms. The SMILES string of the molecule is CCCCCC(C)NC(=O)CCc1ccc(O)cc1. The van der Waals surface area contributed by atoms with E-state index in [0.717, 1.165) is 12.0 Å². The van der Waals surface area contributed by atoms with Crippen molar-refractivity contribution in [3.05, 3.63) is 29.8 Å². The van der Waals surface area contributed by atoms with E-state index < -0.39 is 0 Å². The maximum atomic E-state index is 11.8. The van der Waals surface area contributed by atoms with Crippen LogP contribution < -0.4 is 5.32 Å². The summed E-state index contributed by atoms with van der Waals surface area (Å²) in [7, 11) is 0. The van der Waals surface area contributed by atoms with Crippen LogP contribution in [0.3, 0.4) is 0 Å². The molecule has 1 atom stereocenters. The number of carbonyl (C=O) groups is 1. The van der Waals surface area contributed by atoms with Gasteiger partial charge in [0.1, 0.15) is 5.75 Å². The minimum absolute atomic E-state index is 0.108. The fraction of sp³-hybridized carbons (Fsp3) is 0.562. The van der Waals surface area contributed by atoms with Crippen molar-refractivity contribution >= 4 is 5.91 Å². The number of phenols is 1. The zero-order valence-corrected chi connectivity index (χ0v) is 12.0. The molecule has 0 aliphatic rings. The van der Waals surface area contributed by atoms with Crippen LogP contribution in [0.2, 0.25) is 0 Å². The molecular formula is C16H25NO2. The van der Waals surface area contributed by atoms with Gasteiger partial charge in [0.05, 0.1) is 0 Å². The smallest absolute Gasteiger partial charge is 0.220 e. The fourth-order valence-corrected chi connectivity index (χ4v) is 2.04. The second-order valence-corrected chi connectivity index (χ2v) is 5.13. The van der Waals surface area contributed by atoms with Crippen LogP contribution in [-0.2, 0) is 11.2 Å². The highest BCUT2D eigenvalue weighted by molar-refractivity contribution is 5.76. The highest BCUT2D eigenvalue weighted by atomic mass is 16.3. The van der Waals surface area contributed by atoms with Gasteiger partial charge in [0, 0.05) is 12.5 Å². The molecule has 1 amide bonds. The number of unbranched alkanes of at least 4 members (excludes halogenated alkanes) is 2. The number of rotatable bonds is 8. The normalized spacial score (nSPS) is 12.1.